The quantitative estimate of drug-likeness (QED) is 0.507. The van der Waals surface area contributed by atoms with Crippen LogP contribution < -0.4 is 0 Å². The van der Waals surface area contributed by atoms with Gasteiger partial charge in [-0.05, 0) is 25.7 Å². The average molecular weight is 192 g/mol. The average Bonchev–Trinajstić information content (AvgIpc) is 2.13. The minimum Gasteiger partial charge on any atom is -0.458 e. The number of rotatable bonds is 3. The third-order valence-electron chi connectivity index (χ3n) is 2.09. The molecule has 76 valence electrons. The molecule has 0 unspecified atom stereocenters. The molecular weight excluding hydrogens is 176 g/mol. The van der Waals surface area contributed by atoms with E-state index in [1.54, 1.807) is 6.08 Å². The van der Waals surface area contributed by atoms with Crippen LogP contribution in [0.15, 0.2) is 36.5 Å². The van der Waals surface area contributed by atoms with E-state index >= 15 is 0 Å². The molecule has 0 atom stereocenters. The molecule has 0 amide bonds. The van der Waals surface area contributed by atoms with Gasteiger partial charge in [0, 0.05) is 5.57 Å². The first-order chi connectivity index (χ1) is 6.84. The number of hydrogen-bond donors (Lipinski definition) is 0. The van der Waals surface area contributed by atoms with Crippen molar-refractivity contribution < 1.29 is 9.53 Å². The minimum absolute atomic E-state index is 0.212. The van der Waals surface area contributed by atoms with E-state index in [1.165, 1.54) is 0 Å². The number of hydrogen-bond acceptors (Lipinski definition) is 2. The molecular formula is C12H16O2. The summed E-state index contributed by atoms with van der Waals surface area (Å²) in [7, 11) is 0. The zero-order valence-electron chi connectivity index (χ0n) is 8.37. The van der Waals surface area contributed by atoms with Crippen LogP contribution in [-0.4, -0.2) is 12.6 Å². The highest BCUT2D eigenvalue weighted by molar-refractivity contribution is 5.88. The van der Waals surface area contributed by atoms with Gasteiger partial charge in [-0.2, -0.15) is 0 Å². The van der Waals surface area contributed by atoms with E-state index in [0.29, 0.717) is 6.61 Å². The Morgan fingerprint density at radius 1 is 1.57 bits per heavy atom. The SMILES string of the molecule is C=CCOC(=O)/C1=C/C=C\CCCC1. The fraction of sp³-hybridized carbons (Fsp3) is 0.417. The number of allylic oxidation sites excluding steroid dienone is 3. The van der Waals surface area contributed by atoms with Crippen molar-refractivity contribution in [1.29, 1.82) is 0 Å². The lowest BCUT2D eigenvalue weighted by Gasteiger charge is -2.07. The molecule has 0 aromatic carbocycles. The zero-order valence-corrected chi connectivity index (χ0v) is 8.37. The fourth-order valence-corrected chi connectivity index (χ4v) is 1.34. The van der Waals surface area contributed by atoms with Gasteiger partial charge in [-0.25, -0.2) is 4.79 Å². The summed E-state index contributed by atoms with van der Waals surface area (Å²) in [4.78, 5) is 11.4. The van der Waals surface area contributed by atoms with Crippen molar-refractivity contribution in [1.82, 2.24) is 0 Å². The summed E-state index contributed by atoms with van der Waals surface area (Å²) < 4.78 is 4.97. The van der Waals surface area contributed by atoms with Crippen LogP contribution >= 0.6 is 0 Å². The predicted octanol–water partition coefficient (Wildman–Crippen LogP) is 2.77. The van der Waals surface area contributed by atoms with Crippen molar-refractivity contribution >= 4 is 5.97 Å². The lowest BCUT2D eigenvalue weighted by molar-refractivity contribution is -0.138. The molecule has 0 fully saturated rings. The topological polar surface area (TPSA) is 26.3 Å². The Balaban J connectivity index is 2.54. The van der Waals surface area contributed by atoms with Crippen molar-refractivity contribution in [2.45, 2.75) is 25.7 Å². The second-order valence-corrected chi connectivity index (χ2v) is 3.25. The number of ether oxygens (including phenoxy) is 1. The van der Waals surface area contributed by atoms with Gasteiger partial charge in [-0.3, -0.25) is 0 Å². The van der Waals surface area contributed by atoms with Gasteiger partial charge in [-0.1, -0.05) is 30.9 Å². The summed E-state index contributed by atoms with van der Waals surface area (Å²) in [6.07, 6.45) is 11.6. The molecule has 0 heterocycles. The van der Waals surface area contributed by atoms with Gasteiger partial charge in [0.2, 0.25) is 0 Å². The molecule has 1 aliphatic rings. The zero-order chi connectivity index (χ0) is 10.2. The van der Waals surface area contributed by atoms with Crippen LogP contribution in [0.2, 0.25) is 0 Å². The van der Waals surface area contributed by atoms with E-state index in [1.807, 2.05) is 12.2 Å². The third-order valence-corrected chi connectivity index (χ3v) is 2.09. The lowest BCUT2D eigenvalue weighted by Crippen LogP contribution is -2.08. The minimum atomic E-state index is -0.212. The molecule has 14 heavy (non-hydrogen) atoms. The largest absolute Gasteiger partial charge is 0.458 e. The molecule has 0 N–H and O–H groups in total. The Hall–Kier alpha value is -1.31. The predicted molar refractivity (Wildman–Crippen MR) is 56.8 cm³/mol. The maximum Gasteiger partial charge on any atom is 0.334 e. The number of carbonyl (C=O) groups excluding carboxylic acids is 1. The number of esters is 1. The van der Waals surface area contributed by atoms with Crippen LogP contribution in [0, 0.1) is 0 Å². The van der Waals surface area contributed by atoms with Crippen molar-refractivity contribution in [3.05, 3.63) is 36.5 Å². The molecule has 2 nitrogen and oxygen atoms in total. The Labute approximate surface area is 85.0 Å². The van der Waals surface area contributed by atoms with Crippen LogP contribution in [0.3, 0.4) is 0 Å². The summed E-state index contributed by atoms with van der Waals surface area (Å²) in [6.45, 7) is 3.79. The summed E-state index contributed by atoms with van der Waals surface area (Å²) in [5, 5.41) is 0. The number of carbonyl (C=O) groups is 1. The molecule has 2 heteroatoms. The molecule has 1 rings (SSSR count). The monoisotopic (exact) mass is 192 g/mol. The molecule has 0 radical (unpaired) electrons. The van der Waals surface area contributed by atoms with Gasteiger partial charge in [0.15, 0.2) is 0 Å². The van der Waals surface area contributed by atoms with Crippen LogP contribution in [0.1, 0.15) is 25.7 Å². The highest BCUT2D eigenvalue weighted by Gasteiger charge is 2.09. The third kappa shape index (κ3) is 3.60. The Morgan fingerprint density at radius 3 is 3.21 bits per heavy atom. The summed E-state index contributed by atoms with van der Waals surface area (Å²) in [5.74, 6) is -0.212. The first kappa shape index (κ1) is 10.8. The first-order valence-corrected chi connectivity index (χ1v) is 4.98. The normalized spacial score (nSPS) is 22.4. The van der Waals surface area contributed by atoms with E-state index in [4.69, 9.17) is 4.74 Å². The molecule has 0 spiro atoms. The molecule has 0 aliphatic heterocycles. The van der Waals surface area contributed by atoms with Crippen molar-refractivity contribution in [2.24, 2.45) is 0 Å². The van der Waals surface area contributed by atoms with Crippen LogP contribution in [0.5, 0.6) is 0 Å². The van der Waals surface area contributed by atoms with Gasteiger partial charge in [0.05, 0.1) is 0 Å². The van der Waals surface area contributed by atoms with Gasteiger partial charge < -0.3 is 4.74 Å². The van der Waals surface area contributed by atoms with Crippen LogP contribution in [0.25, 0.3) is 0 Å². The fourth-order valence-electron chi connectivity index (χ4n) is 1.34. The summed E-state index contributed by atoms with van der Waals surface area (Å²) in [5.41, 5.74) is 0.766. The molecule has 0 saturated heterocycles. The lowest BCUT2D eigenvalue weighted by atomic mass is 10.0. The van der Waals surface area contributed by atoms with Gasteiger partial charge in [-0.15, -0.1) is 0 Å². The van der Waals surface area contributed by atoms with E-state index in [2.05, 4.69) is 12.7 Å². The van der Waals surface area contributed by atoms with E-state index in [0.717, 1.165) is 31.3 Å². The van der Waals surface area contributed by atoms with Crippen LogP contribution in [0.4, 0.5) is 0 Å². The van der Waals surface area contributed by atoms with E-state index in [-0.39, 0.29) is 5.97 Å². The Bertz CT molecular complexity index is 261. The Morgan fingerprint density at radius 2 is 2.43 bits per heavy atom. The van der Waals surface area contributed by atoms with E-state index in [9.17, 15) is 4.79 Å². The molecule has 0 bridgehead atoms. The van der Waals surface area contributed by atoms with Crippen molar-refractivity contribution in [3.63, 3.8) is 0 Å². The van der Waals surface area contributed by atoms with E-state index < -0.39 is 0 Å². The molecule has 0 aromatic heterocycles. The second-order valence-electron chi connectivity index (χ2n) is 3.25. The van der Waals surface area contributed by atoms with Gasteiger partial charge in [0.25, 0.3) is 0 Å². The highest BCUT2D eigenvalue weighted by atomic mass is 16.5. The Kier molecular flexibility index (Phi) is 4.76. The second kappa shape index (κ2) is 6.19. The summed E-state index contributed by atoms with van der Waals surface area (Å²) >= 11 is 0. The molecule has 0 aromatic rings. The highest BCUT2D eigenvalue weighted by Crippen LogP contribution is 2.14. The van der Waals surface area contributed by atoms with Crippen LogP contribution in [-0.2, 0) is 9.53 Å². The molecule has 1 aliphatic carbocycles. The smallest absolute Gasteiger partial charge is 0.334 e. The van der Waals surface area contributed by atoms with Crippen molar-refractivity contribution in [3.8, 4) is 0 Å². The van der Waals surface area contributed by atoms with Crippen molar-refractivity contribution in [2.75, 3.05) is 6.61 Å². The maximum absolute atomic E-state index is 11.4. The summed E-state index contributed by atoms with van der Waals surface area (Å²) in [6, 6.07) is 0. The molecule has 0 saturated carbocycles. The first-order valence-electron chi connectivity index (χ1n) is 4.98. The standard InChI is InChI=1S/C12H16O2/c1-2-10-14-12(13)11-8-6-4-3-5-7-9-11/h2,4,6,8H,1,3,5,7,9-10H2/b6-4-,11-8+. The van der Waals surface area contributed by atoms with Gasteiger partial charge >= 0.3 is 5.97 Å². The van der Waals surface area contributed by atoms with Gasteiger partial charge in [0.1, 0.15) is 6.61 Å². The maximum atomic E-state index is 11.4.